The summed E-state index contributed by atoms with van der Waals surface area (Å²) < 4.78 is 6.74. The number of phenols is 1. The van der Waals surface area contributed by atoms with Gasteiger partial charge in [0.2, 0.25) is 0 Å². The smallest absolute Gasteiger partial charge is 0.272 e. The van der Waals surface area contributed by atoms with Crippen molar-refractivity contribution in [3.05, 3.63) is 46.2 Å². The number of amides is 1. The van der Waals surface area contributed by atoms with E-state index in [0.29, 0.717) is 23.9 Å². The number of carbonyl (C=O) groups is 1. The van der Waals surface area contributed by atoms with E-state index in [1.165, 1.54) is 12.1 Å². The second-order valence-corrected chi connectivity index (χ2v) is 5.16. The lowest BCUT2D eigenvalue weighted by molar-refractivity contribution is 0.101. The Kier molecular flexibility index (Phi) is 5.12. The van der Waals surface area contributed by atoms with Crippen LogP contribution in [0, 0.1) is 0 Å². The summed E-state index contributed by atoms with van der Waals surface area (Å²) >= 11 is 11.7. The van der Waals surface area contributed by atoms with Crippen molar-refractivity contribution < 1.29 is 14.6 Å². The molecular formula is C14H14Cl2N2O3. The Hall–Kier alpha value is -1.69. The molecule has 0 aliphatic carbocycles. The minimum Gasteiger partial charge on any atom is -0.504 e. The number of anilines is 1. The van der Waals surface area contributed by atoms with Crippen LogP contribution in [0.4, 0.5) is 5.69 Å². The van der Waals surface area contributed by atoms with Gasteiger partial charge in [0.25, 0.3) is 5.91 Å². The van der Waals surface area contributed by atoms with E-state index in [0.717, 1.165) is 0 Å². The minimum atomic E-state index is -0.371. The predicted molar refractivity (Wildman–Crippen MR) is 82.4 cm³/mol. The summed E-state index contributed by atoms with van der Waals surface area (Å²) in [6.07, 6.45) is 1.78. The highest BCUT2D eigenvalue weighted by Gasteiger charge is 2.15. The van der Waals surface area contributed by atoms with Gasteiger partial charge in [-0.25, -0.2) is 0 Å². The Morgan fingerprint density at radius 3 is 2.90 bits per heavy atom. The van der Waals surface area contributed by atoms with Gasteiger partial charge in [0.15, 0.2) is 5.75 Å². The molecule has 0 aliphatic heterocycles. The van der Waals surface area contributed by atoms with Crippen molar-refractivity contribution in [1.82, 2.24) is 4.57 Å². The van der Waals surface area contributed by atoms with E-state index < -0.39 is 0 Å². The first-order chi connectivity index (χ1) is 10.0. The van der Waals surface area contributed by atoms with E-state index in [2.05, 4.69) is 5.32 Å². The lowest BCUT2D eigenvalue weighted by Gasteiger charge is -2.11. The van der Waals surface area contributed by atoms with Crippen LogP contribution in [-0.4, -0.2) is 29.3 Å². The molecule has 0 aliphatic rings. The molecule has 112 valence electrons. The molecule has 2 N–H and O–H groups in total. The first-order valence-electron chi connectivity index (χ1n) is 6.16. The second kappa shape index (κ2) is 6.85. The van der Waals surface area contributed by atoms with Crippen LogP contribution in [0.2, 0.25) is 10.0 Å². The Morgan fingerprint density at radius 2 is 2.19 bits per heavy atom. The van der Waals surface area contributed by atoms with Crippen LogP contribution in [0.5, 0.6) is 5.75 Å². The molecular weight excluding hydrogens is 315 g/mol. The summed E-state index contributed by atoms with van der Waals surface area (Å²) in [6, 6.07) is 6.27. The number of ether oxygens (including phenoxy) is 1. The SMILES string of the molecule is COCCn1cccc1C(=O)Nc1cc(Cl)cc(Cl)c1O. The summed E-state index contributed by atoms with van der Waals surface area (Å²) in [7, 11) is 1.59. The maximum absolute atomic E-state index is 12.3. The fraction of sp³-hybridized carbons (Fsp3) is 0.214. The number of hydrogen-bond donors (Lipinski definition) is 2. The molecule has 5 nitrogen and oxygen atoms in total. The summed E-state index contributed by atoms with van der Waals surface area (Å²) in [4.78, 5) is 12.3. The molecule has 2 rings (SSSR count). The molecule has 2 aromatic rings. The average Bonchev–Trinajstić information content (AvgIpc) is 2.90. The van der Waals surface area contributed by atoms with Gasteiger partial charge in [-0.3, -0.25) is 4.79 Å². The van der Waals surface area contributed by atoms with Gasteiger partial charge in [-0.2, -0.15) is 0 Å². The summed E-state index contributed by atoms with van der Waals surface area (Å²) in [5.41, 5.74) is 0.611. The topological polar surface area (TPSA) is 63.5 Å². The monoisotopic (exact) mass is 328 g/mol. The van der Waals surface area contributed by atoms with Crippen molar-refractivity contribution in [2.45, 2.75) is 6.54 Å². The molecule has 0 saturated carbocycles. The number of hydrogen-bond acceptors (Lipinski definition) is 3. The highest BCUT2D eigenvalue weighted by Crippen LogP contribution is 2.35. The molecule has 21 heavy (non-hydrogen) atoms. The second-order valence-electron chi connectivity index (χ2n) is 4.32. The van der Waals surface area contributed by atoms with Gasteiger partial charge in [-0.15, -0.1) is 0 Å². The maximum Gasteiger partial charge on any atom is 0.272 e. The molecule has 0 unspecified atom stereocenters. The van der Waals surface area contributed by atoms with Gasteiger partial charge in [0.05, 0.1) is 17.3 Å². The predicted octanol–water partition coefficient (Wildman–Crippen LogP) is 3.40. The summed E-state index contributed by atoms with van der Waals surface area (Å²) in [5, 5.41) is 12.8. The molecule has 0 bridgehead atoms. The molecule has 0 radical (unpaired) electrons. The number of rotatable bonds is 5. The van der Waals surface area contributed by atoms with Crippen molar-refractivity contribution in [1.29, 1.82) is 0 Å². The highest BCUT2D eigenvalue weighted by molar-refractivity contribution is 6.36. The average molecular weight is 329 g/mol. The lowest BCUT2D eigenvalue weighted by atomic mass is 10.2. The summed E-state index contributed by atoms with van der Waals surface area (Å²) in [6.45, 7) is 1.04. The number of benzene rings is 1. The molecule has 0 saturated heterocycles. The number of carbonyl (C=O) groups excluding carboxylic acids is 1. The third kappa shape index (κ3) is 3.69. The van der Waals surface area contributed by atoms with E-state index in [9.17, 15) is 9.90 Å². The Bertz CT molecular complexity index is 656. The van der Waals surface area contributed by atoms with E-state index in [-0.39, 0.29) is 22.4 Å². The molecule has 0 atom stereocenters. The molecule has 7 heteroatoms. The summed E-state index contributed by atoms with van der Waals surface area (Å²) in [5.74, 6) is -0.589. The van der Waals surface area contributed by atoms with Crippen LogP contribution >= 0.6 is 23.2 Å². The number of halogens is 2. The lowest BCUT2D eigenvalue weighted by Crippen LogP contribution is -2.18. The van der Waals surface area contributed by atoms with Gasteiger partial charge in [-0.1, -0.05) is 23.2 Å². The van der Waals surface area contributed by atoms with Crippen LogP contribution in [-0.2, 0) is 11.3 Å². The third-order valence-electron chi connectivity index (χ3n) is 2.87. The van der Waals surface area contributed by atoms with Crippen LogP contribution in [0.1, 0.15) is 10.5 Å². The number of nitrogens with one attached hydrogen (secondary N) is 1. The van der Waals surface area contributed by atoms with Gasteiger partial charge in [0, 0.05) is 24.9 Å². The van der Waals surface area contributed by atoms with Crippen LogP contribution < -0.4 is 5.32 Å². The first-order valence-corrected chi connectivity index (χ1v) is 6.92. The van der Waals surface area contributed by atoms with Crippen molar-refractivity contribution in [3.63, 3.8) is 0 Å². The number of nitrogens with zero attached hydrogens (tertiary/aromatic N) is 1. The normalized spacial score (nSPS) is 10.6. The largest absolute Gasteiger partial charge is 0.504 e. The van der Waals surface area contributed by atoms with E-state index >= 15 is 0 Å². The number of aromatic nitrogens is 1. The molecule has 1 aromatic carbocycles. The van der Waals surface area contributed by atoms with Crippen LogP contribution in [0.3, 0.4) is 0 Å². The van der Waals surface area contributed by atoms with Gasteiger partial charge < -0.3 is 19.7 Å². The van der Waals surface area contributed by atoms with Crippen molar-refractivity contribution in [2.24, 2.45) is 0 Å². The van der Waals surface area contributed by atoms with Crippen LogP contribution in [0.15, 0.2) is 30.5 Å². The van der Waals surface area contributed by atoms with E-state index in [1.54, 1.807) is 30.0 Å². The zero-order valence-corrected chi connectivity index (χ0v) is 12.8. The number of methoxy groups -OCH3 is 1. The van der Waals surface area contributed by atoms with Crippen LogP contribution in [0.25, 0.3) is 0 Å². The Labute approximate surface area is 132 Å². The van der Waals surface area contributed by atoms with Gasteiger partial charge in [-0.05, 0) is 24.3 Å². The quantitative estimate of drug-likeness (QED) is 0.827. The molecule has 0 spiro atoms. The van der Waals surface area contributed by atoms with Gasteiger partial charge in [0.1, 0.15) is 5.69 Å². The van der Waals surface area contributed by atoms with E-state index in [4.69, 9.17) is 27.9 Å². The fourth-order valence-electron chi connectivity index (χ4n) is 1.85. The number of phenolic OH excluding ortho intramolecular Hbond substituents is 1. The standard InChI is InChI=1S/C14H14Cl2N2O3/c1-21-6-5-18-4-2-3-12(18)14(20)17-11-8-9(15)7-10(16)13(11)19/h2-4,7-8,19H,5-6H2,1H3,(H,17,20). The fourth-order valence-corrected chi connectivity index (χ4v) is 2.35. The van der Waals surface area contributed by atoms with Crippen molar-refractivity contribution in [2.75, 3.05) is 19.0 Å². The highest BCUT2D eigenvalue weighted by atomic mass is 35.5. The molecule has 1 amide bonds. The molecule has 1 aromatic heterocycles. The van der Waals surface area contributed by atoms with Crippen molar-refractivity contribution in [3.8, 4) is 5.75 Å². The Balaban J connectivity index is 2.21. The zero-order valence-electron chi connectivity index (χ0n) is 11.3. The number of aromatic hydroxyl groups is 1. The first kappa shape index (κ1) is 15.7. The Morgan fingerprint density at radius 1 is 1.43 bits per heavy atom. The molecule has 0 fully saturated rings. The van der Waals surface area contributed by atoms with Crippen molar-refractivity contribution >= 4 is 34.8 Å². The zero-order chi connectivity index (χ0) is 15.4. The molecule has 1 heterocycles. The van der Waals surface area contributed by atoms with E-state index in [1.807, 2.05) is 0 Å². The maximum atomic E-state index is 12.3. The van der Waals surface area contributed by atoms with Gasteiger partial charge >= 0.3 is 0 Å². The third-order valence-corrected chi connectivity index (χ3v) is 3.38. The minimum absolute atomic E-state index is 0.0764.